The highest BCUT2D eigenvalue weighted by Crippen LogP contribution is 2.40. The maximum atomic E-state index is 13.3. The van der Waals surface area contributed by atoms with Crippen molar-refractivity contribution in [3.05, 3.63) is 27.3 Å². The Balaban J connectivity index is 3.51. The molecule has 0 spiro atoms. The van der Waals surface area contributed by atoms with Crippen LogP contribution in [0, 0.1) is 10.1 Å². The number of nitrogens with zero attached hydrogens (tertiary/aromatic N) is 3. The van der Waals surface area contributed by atoms with Crippen molar-refractivity contribution in [2.75, 3.05) is 18.8 Å². The van der Waals surface area contributed by atoms with E-state index >= 15 is 0 Å². The van der Waals surface area contributed by atoms with Crippen molar-refractivity contribution in [3.8, 4) is 0 Å². The van der Waals surface area contributed by atoms with Gasteiger partial charge in [-0.05, 0) is 19.9 Å². The maximum absolute atomic E-state index is 13.3. The maximum Gasteiger partial charge on any atom is 0.449 e. The third-order valence-electron chi connectivity index (χ3n) is 3.16. The van der Waals surface area contributed by atoms with Gasteiger partial charge < -0.3 is 4.90 Å². The predicted molar refractivity (Wildman–Crippen MR) is 91.0 cm³/mol. The van der Waals surface area contributed by atoms with Crippen molar-refractivity contribution in [2.45, 2.75) is 31.1 Å². The lowest BCUT2D eigenvalue weighted by Crippen LogP contribution is -2.41. The Bertz CT molecular complexity index is 720. The highest BCUT2D eigenvalue weighted by Gasteiger charge is 2.39. The van der Waals surface area contributed by atoms with Gasteiger partial charge in [-0.15, -0.1) is 11.8 Å². The summed E-state index contributed by atoms with van der Waals surface area (Å²) in [6.45, 7) is 2.86. The van der Waals surface area contributed by atoms with Crippen LogP contribution in [0.3, 0.4) is 0 Å². The van der Waals surface area contributed by atoms with Crippen LogP contribution < -0.4 is 0 Å². The van der Waals surface area contributed by atoms with E-state index in [1.165, 1.54) is 13.8 Å². The van der Waals surface area contributed by atoms with Crippen LogP contribution in [-0.4, -0.2) is 46.9 Å². The van der Waals surface area contributed by atoms with Crippen molar-refractivity contribution in [3.63, 3.8) is 0 Å². The fraction of sp³-hybridized carbons (Fsp3) is 0.500. The average molecular weight is 438 g/mol. The number of alkyl halides is 6. The van der Waals surface area contributed by atoms with Crippen LogP contribution in [0.2, 0.25) is 5.02 Å². The van der Waals surface area contributed by atoms with Crippen LogP contribution in [0.15, 0.2) is 22.0 Å². The molecule has 0 unspecified atom stereocenters. The highest BCUT2D eigenvalue weighted by atomic mass is 35.5. The zero-order valence-corrected chi connectivity index (χ0v) is 15.6. The van der Waals surface area contributed by atoms with Crippen LogP contribution in [0.5, 0.6) is 0 Å². The van der Waals surface area contributed by atoms with Gasteiger partial charge >= 0.3 is 12.4 Å². The van der Waals surface area contributed by atoms with Gasteiger partial charge in [0.25, 0.3) is 5.69 Å². The molecule has 13 heteroatoms. The van der Waals surface area contributed by atoms with Crippen LogP contribution in [0.1, 0.15) is 13.8 Å². The van der Waals surface area contributed by atoms with E-state index in [1.807, 2.05) is 0 Å². The summed E-state index contributed by atoms with van der Waals surface area (Å²) in [5.41, 5.74) is -1.25. The third-order valence-corrected chi connectivity index (χ3v) is 4.57. The van der Waals surface area contributed by atoms with E-state index in [-0.39, 0.29) is 24.9 Å². The molecule has 0 aromatic heterocycles. The molecule has 0 saturated heterocycles. The van der Waals surface area contributed by atoms with Crippen LogP contribution in [0.25, 0.3) is 0 Å². The molecule has 1 rings (SSSR count). The molecule has 27 heavy (non-hydrogen) atoms. The Morgan fingerprint density at radius 3 is 2.19 bits per heavy atom. The van der Waals surface area contributed by atoms with Gasteiger partial charge in [-0.3, -0.25) is 10.1 Å². The smallest absolute Gasteiger partial charge is 0.353 e. The summed E-state index contributed by atoms with van der Waals surface area (Å²) in [6.07, 6.45) is -9.48. The van der Waals surface area contributed by atoms with E-state index in [9.17, 15) is 36.5 Å². The zero-order valence-electron chi connectivity index (χ0n) is 14.0. The van der Waals surface area contributed by atoms with E-state index in [1.54, 1.807) is 0 Å². The Hall–Kier alpha value is -1.69. The molecule has 5 nitrogen and oxygen atoms in total. The summed E-state index contributed by atoms with van der Waals surface area (Å²) in [5, 5.41) is 10.5. The second-order valence-corrected chi connectivity index (χ2v) is 6.46. The molecule has 0 atom stereocenters. The lowest BCUT2D eigenvalue weighted by Gasteiger charge is -2.24. The number of aliphatic imine (C=N–C) groups is 1. The Morgan fingerprint density at radius 1 is 1.22 bits per heavy atom. The van der Waals surface area contributed by atoms with E-state index in [0.717, 1.165) is 11.0 Å². The first-order valence-electron chi connectivity index (χ1n) is 7.38. The van der Waals surface area contributed by atoms with Crippen molar-refractivity contribution in [1.29, 1.82) is 0 Å². The molecule has 1 aromatic rings. The molecule has 0 amide bonds. The van der Waals surface area contributed by atoms with Crippen LogP contribution in [0.4, 0.5) is 37.7 Å². The van der Waals surface area contributed by atoms with Crippen molar-refractivity contribution < 1.29 is 31.3 Å². The lowest BCUT2D eigenvalue weighted by atomic mass is 10.3. The van der Waals surface area contributed by atoms with Crippen LogP contribution in [-0.2, 0) is 0 Å². The molecule has 0 aliphatic rings. The van der Waals surface area contributed by atoms with Gasteiger partial charge in [0.05, 0.1) is 26.3 Å². The van der Waals surface area contributed by atoms with Crippen molar-refractivity contribution in [1.82, 2.24) is 4.90 Å². The van der Waals surface area contributed by atoms with Crippen LogP contribution >= 0.6 is 23.4 Å². The molecule has 0 fully saturated rings. The number of hydrogen-bond donors (Lipinski definition) is 0. The predicted octanol–water partition coefficient (Wildman–Crippen LogP) is 5.84. The number of nitro benzene ring substituents is 1. The summed E-state index contributed by atoms with van der Waals surface area (Å²) in [5.74, 6) is -2.75. The quantitative estimate of drug-likeness (QED) is 0.140. The monoisotopic (exact) mass is 437 g/mol. The van der Waals surface area contributed by atoms with Gasteiger partial charge in [0.1, 0.15) is 0 Å². The fourth-order valence-corrected chi connectivity index (χ4v) is 2.98. The molecular weight excluding hydrogens is 424 g/mol. The fourth-order valence-electron chi connectivity index (χ4n) is 1.99. The van der Waals surface area contributed by atoms with Gasteiger partial charge in [-0.1, -0.05) is 11.6 Å². The molecule has 0 N–H and O–H groups in total. The Kier molecular flexibility index (Phi) is 7.78. The number of nitro groups is 1. The molecule has 0 heterocycles. The number of benzene rings is 1. The number of halogens is 7. The van der Waals surface area contributed by atoms with Gasteiger partial charge in [0.15, 0.2) is 0 Å². The molecular formula is C14H14ClF6N3O2S. The minimum atomic E-state index is -4.85. The first-order valence-corrected chi connectivity index (χ1v) is 8.74. The third kappa shape index (κ3) is 6.76. The molecule has 1 aromatic carbocycles. The summed E-state index contributed by atoms with van der Waals surface area (Å²) >= 11 is 5.86. The van der Waals surface area contributed by atoms with E-state index in [2.05, 4.69) is 4.99 Å². The van der Waals surface area contributed by atoms with Gasteiger partial charge in [0.2, 0.25) is 5.84 Å². The normalized spacial score (nSPS) is 13.0. The summed E-state index contributed by atoms with van der Waals surface area (Å²) in [7, 11) is 0. The van der Waals surface area contributed by atoms with E-state index in [0.29, 0.717) is 6.07 Å². The molecule has 0 bridgehead atoms. The zero-order chi connectivity index (χ0) is 21.0. The minimum absolute atomic E-state index is 0.0326. The Morgan fingerprint density at radius 2 is 1.78 bits per heavy atom. The molecule has 0 aliphatic carbocycles. The topological polar surface area (TPSA) is 58.7 Å². The second kappa shape index (κ2) is 9.00. The summed E-state index contributed by atoms with van der Waals surface area (Å²) in [4.78, 5) is 13.9. The largest absolute Gasteiger partial charge is 0.449 e. The minimum Gasteiger partial charge on any atom is -0.353 e. The van der Waals surface area contributed by atoms with Crippen molar-refractivity contribution in [2.24, 2.45) is 4.99 Å². The van der Waals surface area contributed by atoms with E-state index < -0.39 is 50.2 Å². The van der Waals surface area contributed by atoms with Gasteiger partial charge in [-0.25, -0.2) is 4.99 Å². The molecule has 0 radical (unpaired) electrons. The summed E-state index contributed by atoms with van der Waals surface area (Å²) < 4.78 is 77.1. The first kappa shape index (κ1) is 23.3. The molecule has 0 aliphatic heterocycles. The highest BCUT2D eigenvalue weighted by molar-refractivity contribution is 7.99. The number of hydrogen-bond acceptors (Lipinski definition) is 4. The van der Waals surface area contributed by atoms with Crippen molar-refractivity contribution >= 4 is 40.6 Å². The number of rotatable bonds is 6. The SMILES string of the molecule is CCN(CC)/C(=N/c1cc(SCC(F)(F)F)c([N+](=O)[O-])cc1Cl)C(F)(F)F. The molecule has 0 saturated carbocycles. The second-order valence-electron chi connectivity index (χ2n) is 5.04. The standard InChI is InChI=1S/C14H14ClF6N3O2S/c1-3-23(4-2)12(14(19,20)21)22-9-6-11(27-7-13(16,17)18)10(24(25)26)5-8(9)15/h5-6H,3-4,7H2,1-2H3/b22-12+. The first-order chi connectivity index (χ1) is 12.3. The number of thioether (sulfide) groups is 1. The average Bonchev–Trinajstić information content (AvgIpc) is 2.52. The van der Waals surface area contributed by atoms with Gasteiger partial charge in [0, 0.05) is 19.2 Å². The summed E-state index contributed by atoms with van der Waals surface area (Å²) in [6, 6.07) is 1.45. The molecule has 152 valence electrons. The van der Waals surface area contributed by atoms with E-state index in [4.69, 9.17) is 11.6 Å². The lowest BCUT2D eigenvalue weighted by molar-refractivity contribution is -0.387. The van der Waals surface area contributed by atoms with Gasteiger partial charge in [-0.2, -0.15) is 26.3 Å². The number of amidine groups is 1. The Labute approximate surface area is 159 Å².